The van der Waals surface area contributed by atoms with E-state index >= 15 is 0 Å². The minimum atomic E-state index is -4.85. The predicted molar refractivity (Wildman–Crippen MR) is 123 cm³/mol. The Kier molecular flexibility index (Phi) is 6.14. The molecule has 0 spiro atoms. The number of carbonyl (C=O) groups is 2. The Labute approximate surface area is 199 Å². The highest BCUT2D eigenvalue weighted by atomic mass is 35.5. The Morgan fingerprint density at radius 2 is 1.64 bits per heavy atom. The van der Waals surface area contributed by atoms with Crippen molar-refractivity contribution in [3.63, 3.8) is 0 Å². The van der Waals surface area contributed by atoms with E-state index in [0.717, 1.165) is 23.3 Å². The predicted octanol–water partition coefficient (Wildman–Crippen LogP) is 7.42. The fourth-order valence-corrected chi connectivity index (χ4v) is 4.90. The van der Waals surface area contributed by atoms with Gasteiger partial charge in [-0.1, -0.05) is 72.6 Å². The van der Waals surface area contributed by atoms with Crippen LogP contribution in [0.5, 0.6) is 0 Å². The standard InChI is InChI=1S/C26H19Cl2F3O2/c1-2-22(32)9-15-4-3-5-16(8-15)17-6-7-23-18(10-17)14-25(24(23)33,26(29,30)31)19-11-20(27)13-21(28)12-19/h3-8,10-13H,2,9,14H2,1H3. The van der Waals surface area contributed by atoms with E-state index in [1.807, 2.05) is 18.2 Å². The van der Waals surface area contributed by atoms with E-state index in [-0.39, 0.29) is 27.0 Å². The molecule has 7 heteroatoms. The van der Waals surface area contributed by atoms with Crippen LogP contribution in [0, 0.1) is 0 Å². The van der Waals surface area contributed by atoms with E-state index in [2.05, 4.69) is 0 Å². The Hall–Kier alpha value is -2.63. The lowest BCUT2D eigenvalue weighted by atomic mass is 9.76. The molecular weight excluding hydrogens is 472 g/mol. The van der Waals surface area contributed by atoms with Crippen molar-refractivity contribution in [2.45, 2.75) is 37.8 Å². The van der Waals surface area contributed by atoms with Gasteiger partial charge in [0, 0.05) is 28.5 Å². The van der Waals surface area contributed by atoms with Crippen molar-refractivity contribution >= 4 is 34.8 Å². The molecule has 0 N–H and O–H groups in total. The zero-order valence-corrected chi connectivity index (χ0v) is 19.1. The highest BCUT2D eigenvalue weighted by Crippen LogP contribution is 2.51. The number of alkyl halides is 3. The first-order chi connectivity index (χ1) is 15.5. The fourth-order valence-electron chi connectivity index (χ4n) is 4.38. The van der Waals surface area contributed by atoms with E-state index in [1.54, 1.807) is 25.1 Å². The third-order valence-electron chi connectivity index (χ3n) is 6.09. The molecule has 0 aliphatic heterocycles. The van der Waals surface area contributed by atoms with Gasteiger partial charge in [0.1, 0.15) is 5.78 Å². The first-order valence-corrected chi connectivity index (χ1v) is 11.1. The lowest BCUT2D eigenvalue weighted by Gasteiger charge is -2.30. The summed E-state index contributed by atoms with van der Waals surface area (Å²) in [5.41, 5.74) is -0.413. The summed E-state index contributed by atoms with van der Waals surface area (Å²) in [7, 11) is 0. The van der Waals surface area contributed by atoms with Crippen molar-refractivity contribution in [1.29, 1.82) is 0 Å². The van der Waals surface area contributed by atoms with Crippen LogP contribution in [-0.4, -0.2) is 17.7 Å². The SMILES string of the molecule is CCC(=O)Cc1cccc(-c2ccc3c(c2)CC(c2cc(Cl)cc(Cl)c2)(C(F)(F)F)C3=O)c1. The highest BCUT2D eigenvalue weighted by molar-refractivity contribution is 6.34. The lowest BCUT2D eigenvalue weighted by Crippen LogP contribution is -2.47. The van der Waals surface area contributed by atoms with E-state index in [1.165, 1.54) is 12.1 Å². The average Bonchev–Trinajstić information content (AvgIpc) is 3.06. The van der Waals surface area contributed by atoms with Gasteiger partial charge in [-0.25, -0.2) is 0 Å². The van der Waals surface area contributed by atoms with Crippen molar-refractivity contribution in [1.82, 2.24) is 0 Å². The Bertz CT molecular complexity index is 1250. The van der Waals surface area contributed by atoms with Gasteiger partial charge >= 0.3 is 6.18 Å². The molecule has 170 valence electrons. The summed E-state index contributed by atoms with van der Waals surface area (Å²) in [5, 5.41) is 0.0630. The summed E-state index contributed by atoms with van der Waals surface area (Å²) in [6.45, 7) is 1.80. The molecule has 2 nitrogen and oxygen atoms in total. The van der Waals surface area contributed by atoms with Crippen molar-refractivity contribution in [3.8, 4) is 11.1 Å². The van der Waals surface area contributed by atoms with E-state index in [0.29, 0.717) is 24.0 Å². The van der Waals surface area contributed by atoms with Crippen molar-refractivity contribution in [3.05, 3.63) is 93.0 Å². The molecule has 0 saturated heterocycles. The molecule has 3 aromatic rings. The molecule has 1 aliphatic rings. The molecule has 3 aromatic carbocycles. The van der Waals surface area contributed by atoms with Gasteiger partial charge in [-0.15, -0.1) is 0 Å². The van der Waals surface area contributed by atoms with Crippen LogP contribution in [0.25, 0.3) is 11.1 Å². The van der Waals surface area contributed by atoms with Crippen LogP contribution < -0.4 is 0 Å². The van der Waals surface area contributed by atoms with E-state index in [9.17, 15) is 22.8 Å². The first kappa shape index (κ1) is 23.5. The van der Waals surface area contributed by atoms with Gasteiger partial charge in [0.2, 0.25) is 0 Å². The number of hydrogen-bond acceptors (Lipinski definition) is 2. The second-order valence-electron chi connectivity index (χ2n) is 8.21. The highest BCUT2D eigenvalue weighted by Gasteiger charge is 2.64. The van der Waals surface area contributed by atoms with Crippen LogP contribution in [-0.2, 0) is 23.1 Å². The van der Waals surface area contributed by atoms with Crippen LogP contribution in [0.2, 0.25) is 10.0 Å². The molecule has 0 fully saturated rings. The molecule has 0 aromatic heterocycles. The first-order valence-electron chi connectivity index (χ1n) is 10.4. The lowest BCUT2D eigenvalue weighted by molar-refractivity contribution is -0.173. The number of ketones is 2. The molecule has 0 bridgehead atoms. The van der Waals surface area contributed by atoms with Crippen LogP contribution >= 0.6 is 23.2 Å². The van der Waals surface area contributed by atoms with Crippen molar-refractivity contribution in [2.24, 2.45) is 0 Å². The molecule has 0 radical (unpaired) electrons. The van der Waals surface area contributed by atoms with Gasteiger partial charge in [-0.05, 0) is 52.4 Å². The molecule has 0 saturated carbocycles. The monoisotopic (exact) mass is 490 g/mol. The average molecular weight is 491 g/mol. The second-order valence-corrected chi connectivity index (χ2v) is 9.08. The smallest absolute Gasteiger partial charge is 0.299 e. The number of hydrogen-bond donors (Lipinski definition) is 0. The molecule has 1 unspecified atom stereocenters. The van der Waals surface area contributed by atoms with Crippen molar-refractivity contribution < 1.29 is 22.8 Å². The second kappa shape index (κ2) is 8.62. The van der Waals surface area contributed by atoms with Crippen LogP contribution in [0.1, 0.15) is 40.4 Å². The topological polar surface area (TPSA) is 34.1 Å². The van der Waals surface area contributed by atoms with Gasteiger partial charge in [0.05, 0.1) is 0 Å². The Morgan fingerprint density at radius 3 is 2.27 bits per heavy atom. The van der Waals surface area contributed by atoms with E-state index < -0.39 is 23.8 Å². The van der Waals surface area contributed by atoms with E-state index in [4.69, 9.17) is 23.2 Å². The number of rotatable bonds is 5. The maximum atomic E-state index is 14.5. The number of fused-ring (bicyclic) bond motifs is 1. The maximum absolute atomic E-state index is 14.5. The summed E-state index contributed by atoms with van der Waals surface area (Å²) >= 11 is 12.0. The zero-order valence-electron chi connectivity index (χ0n) is 17.6. The molecule has 4 rings (SSSR count). The summed E-state index contributed by atoms with van der Waals surface area (Å²) in [6, 6.07) is 15.6. The van der Waals surface area contributed by atoms with Crippen LogP contribution in [0.4, 0.5) is 13.2 Å². The summed E-state index contributed by atoms with van der Waals surface area (Å²) in [5.74, 6) is -0.918. The third-order valence-corrected chi connectivity index (χ3v) is 6.52. The minimum Gasteiger partial charge on any atom is -0.299 e. The normalized spacial score (nSPS) is 17.8. The van der Waals surface area contributed by atoms with Gasteiger partial charge < -0.3 is 0 Å². The number of benzene rings is 3. The van der Waals surface area contributed by atoms with Gasteiger partial charge in [0.15, 0.2) is 11.2 Å². The molecule has 1 aliphatic carbocycles. The number of halogens is 5. The fraction of sp³-hybridized carbons (Fsp3) is 0.231. The third kappa shape index (κ3) is 4.20. The number of carbonyl (C=O) groups excluding carboxylic acids is 2. The van der Waals surface area contributed by atoms with Gasteiger partial charge in [-0.3, -0.25) is 9.59 Å². The van der Waals surface area contributed by atoms with Crippen molar-refractivity contribution in [2.75, 3.05) is 0 Å². The zero-order chi connectivity index (χ0) is 24.0. The maximum Gasteiger partial charge on any atom is 0.405 e. The summed E-state index contributed by atoms with van der Waals surface area (Å²) in [6.07, 6.45) is -4.67. The number of Topliss-reactive ketones (excluding diaryl/α,β-unsaturated/α-hetero) is 2. The Morgan fingerprint density at radius 1 is 0.970 bits per heavy atom. The Balaban J connectivity index is 1.78. The molecule has 0 amide bonds. The molecular formula is C26H19Cl2F3O2. The summed E-state index contributed by atoms with van der Waals surface area (Å²) < 4.78 is 43.4. The largest absolute Gasteiger partial charge is 0.405 e. The molecule has 1 atom stereocenters. The minimum absolute atomic E-state index is 0.0315. The van der Waals surface area contributed by atoms with Crippen LogP contribution in [0.3, 0.4) is 0 Å². The van der Waals surface area contributed by atoms with Crippen LogP contribution in [0.15, 0.2) is 60.7 Å². The van der Waals surface area contributed by atoms with Gasteiger partial charge in [0.25, 0.3) is 0 Å². The summed E-state index contributed by atoms with van der Waals surface area (Å²) in [4.78, 5) is 25.0. The quantitative estimate of drug-likeness (QED) is 0.372. The van der Waals surface area contributed by atoms with Gasteiger partial charge in [-0.2, -0.15) is 13.2 Å². The molecule has 33 heavy (non-hydrogen) atoms. The molecule has 0 heterocycles.